The molecule has 3 aliphatic carbocycles. The molecule has 1 amide bonds. The molecule has 6 N–H and O–H groups in total. The maximum absolute atomic E-state index is 13.7. The first-order valence-electron chi connectivity index (χ1n) is 13.4. The van der Waals surface area contributed by atoms with E-state index in [4.69, 9.17) is 5.73 Å². The van der Waals surface area contributed by atoms with Crippen molar-refractivity contribution in [3.8, 4) is 16.9 Å². The molecule has 3 aliphatic rings. The molecular formula is C31H32N2O8. The first kappa shape index (κ1) is 28.3. The summed E-state index contributed by atoms with van der Waals surface area (Å²) in [6, 6.07) is 10.8. The van der Waals surface area contributed by atoms with Gasteiger partial charge in [0.05, 0.1) is 12.1 Å². The van der Waals surface area contributed by atoms with E-state index in [0.29, 0.717) is 24.9 Å². The number of amides is 1. The van der Waals surface area contributed by atoms with Crippen molar-refractivity contribution in [2.75, 3.05) is 20.6 Å². The van der Waals surface area contributed by atoms with Gasteiger partial charge < -0.3 is 31.1 Å². The highest BCUT2D eigenvalue weighted by molar-refractivity contribution is 6.22. The minimum Gasteiger partial charge on any atom is -0.508 e. The highest BCUT2D eigenvalue weighted by atomic mass is 16.3. The fraction of sp³-hybridized carbons (Fsp3) is 0.355. The van der Waals surface area contributed by atoms with Crippen molar-refractivity contribution >= 4 is 29.0 Å². The van der Waals surface area contributed by atoms with E-state index in [-0.39, 0.29) is 41.9 Å². The maximum Gasteiger partial charge on any atom is 0.255 e. The van der Waals surface area contributed by atoms with Crippen molar-refractivity contribution in [1.29, 1.82) is 0 Å². The van der Waals surface area contributed by atoms with Crippen LogP contribution in [0.4, 0.5) is 0 Å². The van der Waals surface area contributed by atoms with Gasteiger partial charge in [-0.2, -0.15) is 0 Å². The van der Waals surface area contributed by atoms with Crippen molar-refractivity contribution in [3.05, 3.63) is 70.0 Å². The van der Waals surface area contributed by atoms with Gasteiger partial charge in [0.1, 0.15) is 28.6 Å². The second-order valence-electron chi connectivity index (χ2n) is 11.4. The topological polar surface area (TPSA) is 178 Å². The summed E-state index contributed by atoms with van der Waals surface area (Å²) < 4.78 is 0. The number of phenolic OH excluding ortho intramolecular Hbond substituents is 1. The van der Waals surface area contributed by atoms with Crippen LogP contribution >= 0.6 is 0 Å². The van der Waals surface area contributed by atoms with Crippen molar-refractivity contribution in [2.24, 2.45) is 17.6 Å². The fourth-order valence-corrected chi connectivity index (χ4v) is 6.46. The Morgan fingerprint density at radius 1 is 1.02 bits per heavy atom. The molecule has 0 aromatic heterocycles. The number of primary amides is 1. The molecule has 10 nitrogen and oxygen atoms in total. The van der Waals surface area contributed by atoms with Crippen LogP contribution in [-0.2, 0) is 32.0 Å². The number of ketones is 3. The summed E-state index contributed by atoms with van der Waals surface area (Å²) in [6.07, 6.45) is 0.939. The predicted molar refractivity (Wildman–Crippen MR) is 149 cm³/mol. The van der Waals surface area contributed by atoms with E-state index in [0.717, 1.165) is 16.7 Å². The molecule has 5 rings (SSSR count). The number of aromatic hydroxyl groups is 1. The van der Waals surface area contributed by atoms with Crippen molar-refractivity contribution < 1.29 is 39.6 Å². The Bertz CT molecular complexity index is 1550. The Kier molecular flexibility index (Phi) is 7.08. The number of phenols is 1. The Labute approximate surface area is 236 Å². The number of nitrogens with two attached hydrogens (primary N) is 1. The summed E-state index contributed by atoms with van der Waals surface area (Å²) in [5.74, 6) is -6.40. The lowest BCUT2D eigenvalue weighted by Gasteiger charge is -2.46. The number of nitrogens with zero attached hydrogens (tertiary/aromatic N) is 1. The molecule has 0 aliphatic heterocycles. The number of aryl methyl sites for hydroxylation is 1. The highest BCUT2D eigenvalue weighted by Gasteiger charge is 2.60. The zero-order valence-corrected chi connectivity index (χ0v) is 22.8. The number of hydrogen-bond acceptors (Lipinski definition) is 9. The van der Waals surface area contributed by atoms with Crippen LogP contribution in [0.25, 0.3) is 16.9 Å². The average Bonchev–Trinajstić information content (AvgIpc) is 2.89. The van der Waals surface area contributed by atoms with Crippen molar-refractivity contribution in [2.45, 2.75) is 37.7 Å². The molecule has 2 aromatic carbocycles. The number of rotatable bonds is 7. The first-order valence-corrected chi connectivity index (χ1v) is 13.4. The lowest BCUT2D eigenvalue weighted by Crippen LogP contribution is -2.58. The van der Waals surface area contributed by atoms with Gasteiger partial charge >= 0.3 is 0 Å². The Morgan fingerprint density at radius 3 is 2.34 bits per heavy atom. The van der Waals surface area contributed by atoms with Crippen LogP contribution in [0.15, 0.2) is 53.3 Å². The summed E-state index contributed by atoms with van der Waals surface area (Å²) in [5.41, 5.74) is 4.82. The van der Waals surface area contributed by atoms with Gasteiger partial charge in [-0.3, -0.25) is 19.2 Å². The average molecular weight is 561 g/mol. The number of fused-ring (bicyclic) bond motifs is 3. The molecule has 0 bridgehead atoms. The normalized spacial score (nSPS) is 23.8. The number of benzene rings is 2. The van der Waals surface area contributed by atoms with Gasteiger partial charge in [-0.05, 0) is 67.6 Å². The Balaban J connectivity index is 1.52. The van der Waals surface area contributed by atoms with Gasteiger partial charge in [-0.15, -0.1) is 0 Å². The third-order valence-corrected chi connectivity index (χ3v) is 8.40. The molecule has 3 atom stereocenters. The summed E-state index contributed by atoms with van der Waals surface area (Å²) in [7, 11) is 3.69. The van der Waals surface area contributed by atoms with E-state index in [1.165, 1.54) is 6.07 Å². The number of carbonyl (C=O) groups is 4. The van der Waals surface area contributed by atoms with Crippen LogP contribution in [0.1, 0.15) is 36.0 Å². The molecular weight excluding hydrogens is 528 g/mol. The molecule has 0 heterocycles. The second kappa shape index (κ2) is 10.3. The van der Waals surface area contributed by atoms with Crippen LogP contribution < -0.4 is 5.73 Å². The largest absolute Gasteiger partial charge is 0.508 e. The molecule has 0 unspecified atom stereocenters. The van der Waals surface area contributed by atoms with Crippen molar-refractivity contribution in [3.63, 3.8) is 0 Å². The lowest BCUT2D eigenvalue weighted by atomic mass is 9.59. The summed E-state index contributed by atoms with van der Waals surface area (Å²) in [5, 5.41) is 44.1. The van der Waals surface area contributed by atoms with Crippen LogP contribution in [-0.4, -0.2) is 74.8 Å². The zero-order valence-electron chi connectivity index (χ0n) is 22.8. The van der Waals surface area contributed by atoms with E-state index in [1.807, 2.05) is 43.3 Å². The monoisotopic (exact) mass is 560 g/mol. The van der Waals surface area contributed by atoms with Gasteiger partial charge in [-0.1, -0.05) is 30.3 Å². The number of aliphatic hydroxyl groups is 3. The van der Waals surface area contributed by atoms with Gasteiger partial charge in [0.2, 0.25) is 5.78 Å². The van der Waals surface area contributed by atoms with Gasteiger partial charge in [0, 0.05) is 24.3 Å². The molecule has 1 saturated carbocycles. The predicted octanol–water partition coefficient (Wildman–Crippen LogP) is 2.15. The lowest BCUT2D eigenvalue weighted by molar-refractivity contribution is -0.147. The summed E-state index contributed by atoms with van der Waals surface area (Å²) in [6.45, 7) is 0.384. The second-order valence-corrected chi connectivity index (χ2v) is 11.4. The molecule has 41 heavy (non-hydrogen) atoms. The van der Waals surface area contributed by atoms with E-state index in [1.54, 1.807) is 6.07 Å². The van der Waals surface area contributed by atoms with E-state index < -0.39 is 52.0 Å². The molecule has 1 fully saturated rings. The van der Waals surface area contributed by atoms with Crippen molar-refractivity contribution in [1.82, 2.24) is 4.90 Å². The highest BCUT2D eigenvalue weighted by Crippen LogP contribution is 2.53. The van der Waals surface area contributed by atoms with Gasteiger partial charge in [0.15, 0.2) is 11.4 Å². The number of aliphatic hydroxyl groups excluding tert-OH is 2. The molecule has 214 valence electrons. The van der Waals surface area contributed by atoms with Crippen LogP contribution in [0, 0.1) is 11.8 Å². The standard InChI is InChI=1S/C31H32N2O8/c1-33(2)14-19(34)8-5-15-3-6-16(7-4-15)20-9-10-22(35)25-21(20)12-17-11-18-13-23(36)26(30(32)40)29(39)31(18,41)28(38)24(17)27(25)37/h3-4,6-7,9-10,17-18,35,37,39,41H,5,8,11-14H2,1-2H3,(H2,32,40)/t17-,18+,31+/m1/s1. The van der Waals surface area contributed by atoms with Crippen LogP contribution in [0.5, 0.6) is 5.75 Å². The SMILES string of the molecule is CN(C)CC(=O)CCc1ccc(-c2ccc(O)c3c2C[C@H]2C[C@H]4CC(=O)C(C(N)=O)=C(O)[C@@]4(O)C(=O)C2=C3O)cc1. The molecule has 2 aromatic rings. The fourth-order valence-electron chi connectivity index (χ4n) is 6.46. The molecule has 0 spiro atoms. The third-order valence-electron chi connectivity index (χ3n) is 8.40. The number of carbonyl (C=O) groups excluding carboxylic acids is 4. The quantitative estimate of drug-likeness (QED) is 0.317. The minimum atomic E-state index is -2.59. The van der Waals surface area contributed by atoms with E-state index in [9.17, 15) is 39.6 Å². The third kappa shape index (κ3) is 4.62. The first-order chi connectivity index (χ1) is 19.3. The molecule has 0 radical (unpaired) electrons. The molecule has 10 heteroatoms. The van der Waals surface area contributed by atoms with Crippen LogP contribution in [0.2, 0.25) is 0 Å². The maximum atomic E-state index is 13.7. The van der Waals surface area contributed by atoms with Gasteiger partial charge in [0.25, 0.3) is 5.91 Å². The van der Waals surface area contributed by atoms with Gasteiger partial charge in [-0.25, -0.2) is 0 Å². The zero-order chi connectivity index (χ0) is 29.8. The smallest absolute Gasteiger partial charge is 0.255 e. The number of likely N-dealkylation sites (N-methyl/N-ethyl adjacent to an activating group) is 1. The minimum absolute atomic E-state index is 0.0491. The van der Waals surface area contributed by atoms with Crippen LogP contribution in [0.3, 0.4) is 0 Å². The number of Topliss-reactive ketones (excluding diaryl/α,β-unsaturated/α-hetero) is 3. The summed E-state index contributed by atoms with van der Waals surface area (Å²) in [4.78, 5) is 51.9. The van der Waals surface area contributed by atoms with E-state index in [2.05, 4.69) is 0 Å². The molecule has 0 saturated heterocycles. The Hall–Kier alpha value is -4.28. The summed E-state index contributed by atoms with van der Waals surface area (Å²) >= 11 is 0. The van der Waals surface area contributed by atoms with E-state index >= 15 is 0 Å². The number of hydrogen-bond donors (Lipinski definition) is 5. The Morgan fingerprint density at radius 2 is 1.71 bits per heavy atom.